The number of carbonyl (C=O) groups is 1. The van der Waals surface area contributed by atoms with Crippen molar-refractivity contribution >= 4 is 11.6 Å². The lowest BCUT2D eigenvalue weighted by molar-refractivity contribution is -0.123. The van der Waals surface area contributed by atoms with Crippen LogP contribution >= 0.6 is 0 Å². The van der Waals surface area contributed by atoms with E-state index >= 15 is 0 Å². The van der Waals surface area contributed by atoms with Crippen molar-refractivity contribution in [2.24, 2.45) is 5.41 Å². The van der Waals surface area contributed by atoms with Crippen LogP contribution in [0.1, 0.15) is 20.8 Å². The largest absolute Gasteiger partial charge is 0.493 e. The molecule has 0 aliphatic carbocycles. The van der Waals surface area contributed by atoms with E-state index < -0.39 is 12.0 Å². The molecule has 0 fully saturated rings. The first kappa shape index (κ1) is 15.2. The van der Waals surface area contributed by atoms with Gasteiger partial charge in [0.05, 0.1) is 7.11 Å². The lowest BCUT2D eigenvalue weighted by atomic mass is 9.95. The molecule has 0 atom stereocenters. The average Bonchev–Trinajstić information content (AvgIpc) is 2.27. The number of hydrogen-bond donors (Lipinski definition) is 1. The van der Waals surface area contributed by atoms with Gasteiger partial charge in [-0.05, 0) is 12.1 Å². The Bertz CT molecular complexity index is 456. The monoisotopic (exact) mass is 273 g/mol. The Morgan fingerprint density at radius 1 is 1.26 bits per heavy atom. The summed E-state index contributed by atoms with van der Waals surface area (Å²) >= 11 is 0. The summed E-state index contributed by atoms with van der Waals surface area (Å²) in [5.41, 5.74) is -0.208. The number of ether oxygens (including phenoxy) is 2. The van der Waals surface area contributed by atoms with Gasteiger partial charge in [0.2, 0.25) is 5.91 Å². The van der Waals surface area contributed by atoms with Gasteiger partial charge in [0.15, 0.2) is 11.5 Å². The van der Waals surface area contributed by atoms with E-state index in [1.54, 1.807) is 26.8 Å². The molecule has 0 aliphatic heterocycles. The normalized spacial score (nSPS) is 11.3. The first-order valence-corrected chi connectivity index (χ1v) is 5.68. The summed E-state index contributed by atoms with van der Waals surface area (Å²) in [4.78, 5) is 11.8. The fourth-order valence-electron chi connectivity index (χ4n) is 1.26. The summed E-state index contributed by atoms with van der Waals surface area (Å²) < 4.78 is 33.7. The maximum absolute atomic E-state index is 12.3. The molecule has 0 aromatic heterocycles. The molecule has 1 N–H and O–H groups in total. The number of benzene rings is 1. The maximum Gasteiger partial charge on any atom is 0.387 e. The summed E-state index contributed by atoms with van der Waals surface area (Å²) in [6, 6.07) is 4.31. The zero-order valence-electron chi connectivity index (χ0n) is 11.3. The number of nitrogens with one attached hydrogen (secondary N) is 1. The van der Waals surface area contributed by atoms with Crippen molar-refractivity contribution in [2.45, 2.75) is 27.4 Å². The van der Waals surface area contributed by atoms with Crippen LogP contribution in [0.15, 0.2) is 18.2 Å². The van der Waals surface area contributed by atoms with Crippen LogP contribution in [0.4, 0.5) is 14.5 Å². The highest BCUT2D eigenvalue weighted by Gasteiger charge is 2.21. The topological polar surface area (TPSA) is 47.6 Å². The van der Waals surface area contributed by atoms with Crippen molar-refractivity contribution in [2.75, 3.05) is 12.4 Å². The van der Waals surface area contributed by atoms with Crippen LogP contribution in [-0.2, 0) is 4.79 Å². The molecule has 1 amide bonds. The molecule has 0 unspecified atom stereocenters. The zero-order chi connectivity index (χ0) is 14.6. The summed E-state index contributed by atoms with van der Waals surface area (Å²) in [6.45, 7) is 2.30. The van der Waals surface area contributed by atoms with Gasteiger partial charge in [-0.3, -0.25) is 4.79 Å². The SMILES string of the molecule is COc1ccc(NC(=O)C(C)(C)C)cc1OC(F)F. The fraction of sp³-hybridized carbons (Fsp3) is 0.462. The van der Waals surface area contributed by atoms with Crippen LogP contribution < -0.4 is 14.8 Å². The standard InChI is InChI=1S/C13H17F2NO3/c1-13(2,3)11(17)16-8-5-6-9(18-4)10(7-8)19-12(14)15/h5-7,12H,1-4H3,(H,16,17). The first-order valence-electron chi connectivity index (χ1n) is 5.68. The molecule has 106 valence electrons. The van der Waals surface area contributed by atoms with E-state index in [2.05, 4.69) is 10.1 Å². The van der Waals surface area contributed by atoms with Crippen LogP contribution in [0.25, 0.3) is 0 Å². The van der Waals surface area contributed by atoms with Gasteiger partial charge >= 0.3 is 6.61 Å². The summed E-state index contributed by atoms with van der Waals surface area (Å²) in [5.74, 6) is -0.168. The van der Waals surface area contributed by atoms with Crippen LogP contribution in [0.3, 0.4) is 0 Å². The molecular formula is C13H17F2NO3. The Kier molecular flexibility index (Phi) is 4.69. The number of alkyl halides is 2. The van der Waals surface area contributed by atoms with Gasteiger partial charge < -0.3 is 14.8 Å². The summed E-state index contributed by atoms with van der Waals surface area (Å²) in [5, 5.41) is 2.63. The molecule has 0 radical (unpaired) electrons. The molecule has 0 bridgehead atoms. The molecule has 0 saturated carbocycles. The van der Waals surface area contributed by atoms with Crippen LogP contribution in [0, 0.1) is 5.41 Å². The lowest BCUT2D eigenvalue weighted by Gasteiger charge is -2.18. The van der Waals surface area contributed by atoms with Crippen LogP contribution in [-0.4, -0.2) is 19.6 Å². The quantitative estimate of drug-likeness (QED) is 0.915. The second kappa shape index (κ2) is 5.86. The molecule has 6 heteroatoms. The zero-order valence-corrected chi connectivity index (χ0v) is 11.3. The number of anilines is 1. The van der Waals surface area contributed by atoms with E-state index in [0.717, 1.165) is 0 Å². The molecular weight excluding hydrogens is 256 g/mol. The highest BCUT2D eigenvalue weighted by molar-refractivity contribution is 5.94. The summed E-state index contributed by atoms with van der Waals surface area (Å²) in [7, 11) is 1.35. The maximum atomic E-state index is 12.3. The number of hydrogen-bond acceptors (Lipinski definition) is 3. The minimum absolute atomic E-state index is 0.121. The minimum atomic E-state index is -2.96. The highest BCUT2D eigenvalue weighted by Crippen LogP contribution is 2.32. The van der Waals surface area contributed by atoms with Gasteiger partial charge in [0.25, 0.3) is 0 Å². The first-order chi connectivity index (χ1) is 8.74. The smallest absolute Gasteiger partial charge is 0.387 e. The predicted octanol–water partition coefficient (Wildman–Crippen LogP) is 3.28. The van der Waals surface area contributed by atoms with E-state index in [0.29, 0.717) is 5.69 Å². The second-order valence-corrected chi connectivity index (χ2v) is 4.95. The fourth-order valence-corrected chi connectivity index (χ4v) is 1.26. The van der Waals surface area contributed by atoms with E-state index in [1.807, 2.05) is 0 Å². The number of amides is 1. The Balaban J connectivity index is 2.95. The van der Waals surface area contributed by atoms with E-state index in [4.69, 9.17) is 4.74 Å². The van der Waals surface area contributed by atoms with E-state index in [-0.39, 0.29) is 17.4 Å². The molecule has 1 rings (SSSR count). The number of rotatable bonds is 4. The summed E-state index contributed by atoms with van der Waals surface area (Å²) in [6.07, 6.45) is 0. The molecule has 1 aromatic rings. The number of halogens is 2. The van der Waals surface area contributed by atoms with Crippen molar-refractivity contribution in [3.05, 3.63) is 18.2 Å². The Hall–Kier alpha value is -1.85. The third kappa shape index (κ3) is 4.39. The molecule has 19 heavy (non-hydrogen) atoms. The molecule has 0 heterocycles. The molecule has 0 saturated heterocycles. The number of carbonyl (C=O) groups excluding carboxylic acids is 1. The van der Waals surface area contributed by atoms with E-state index in [9.17, 15) is 13.6 Å². The van der Waals surface area contributed by atoms with Gasteiger partial charge in [-0.15, -0.1) is 0 Å². The van der Waals surface area contributed by atoms with Crippen LogP contribution in [0.2, 0.25) is 0 Å². The molecule has 1 aromatic carbocycles. The minimum Gasteiger partial charge on any atom is -0.493 e. The third-order valence-electron chi connectivity index (χ3n) is 2.32. The lowest BCUT2D eigenvalue weighted by Crippen LogP contribution is -2.27. The van der Waals surface area contributed by atoms with E-state index in [1.165, 1.54) is 19.2 Å². The van der Waals surface area contributed by atoms with Gasteiger partial charge in [-0.1, -0.05) is 20.8 Å². The van der Waals surface area contributed by atoms with Gasteiger partial charge in [-0.2, -0.15) is 8.78 Å². The predicted molar refractivity (Wildman–Crippen MR) is 67.7 cm³/mol. The Morgan fingerprint density at radius 2 is 1.89 bits per heavy atom. The molecule has 0 aliphatic rings. The number of methoxy groups -OCH3 is 1. The van der Waals surface area contributed by atoms with Gasteiger partial charge in [0.1, 0.15) is 0 Å². The Morgan fingerprint density at radius 3 is 2.37 bits per heavy atom. The third-order valence-corrected chi connectivity index (χ3v) is 2.32. The average molecular weight is 273 g/mol. The highest BCUT2D eigenvalue weighted by atomic mass is 19.3. The van der Waals surface area contributed by atoms with Gasteiger partial charge in [0, 0.05) is 17.2 Å². The Labute approximate surface area is 110 Å². The second-order valence-electron chi connectivity index (χ2n) is 4.95. The van der Waals surface area contributed by atoms with Crippen LogP contribution in [0.5, 0.6) is 11.5 Å². The van der Waals surface area contributed by atoms with Crippen molar-refractivity contribution in [3.63, 3.8) is 0 Å². The van der Waals surface area contributed by atoms with Gasteiger partial charge in [-0.25, -0.2) is 0 Å². The molecule has 0 spiro atoms. The molecule has 4 nitrogen and oxygen atoms in total. The van der Waals surface area contributed by atoms with Crippen molar-refractivity contribution in [1.82, 2.24) is 0 Å². The van der Waals surface area contributed by atoms with Crippen molar-refractivity contribution < 1.29 is 23.0 Å². The van der Waals surface area contributed by atoms with Crippen molar-refractivity contribution in [1.29, 1.82) is 0 Å². The van der Waals surface area contributed by atoms with Crippen molar-refractivity contribution in [3.8, 4) is 11.5 Å².